The van der Waals surface area contributed by atoms with Crippen molar-refractivity contribution in [1.29, 1.82) is 0 Å². The highest BCUT2D eigenvalue weighted by Gasteiger charge is 2.26. The molecule has 1 aliphatic heterocycles. The Morgan fingerprint density at radius 3 is 2.84 bits per heavy atom. The predicted octanol–water partition coefficient (Wildman–Crippen LogP) is 0.259. The maximum atomic E-state index is 11.6. The minimum atomic E-state index is -3.74. The van der Waals surface area contributed by atoms with Gasteiger partial charge in [-0.3, -0.25) is 0 Å². The number of anilines is 1. The third-order valence-corrected chi connectivity index (χ3v) is 4.42. The molecule has 0 saturated carbocycles. The Balaban J connectivity index is 2.32. The van der Waals surface area contributed by atoms with Crippen molar-refractivity contribution in [3.63, 3.8) is 0 Å². The Morgan fingerprint density at radius 1 is 1.47 bits per heavy atom. The second kappa shape index (κ2) is 5.44. The normalized spacial score (nSPS) is 20.8. The number of rotatable bonds is 3. The van der Waals surface area contributed by atoms with Crippen LogP contribution in [0.2, 0.25) is 0 Å². The second-order valence-electron chi connectivity index (χ2n) is 5.08. The van der Waals surface area contributed by atoms with E-state index in [9.17, 15) is 8.42 Å². The molecule has 19 heavy (non-hydrogen) atoms. The van der Waals surface area contributed by atoms with Gasteiger partial charge in [0.25, 0.3) is 0 Å². The Labute approximate surface area is 114 Å². The van der Waals surface area contributed by atoms with Gasteiger partial charge in [-0.15, -0.1) is 0 Å². The van der Waals surface area contributed by atoms with E-state index in [1.165, 1.54) is 6.07 Å². The van der Waals surface area contributed by atoms with Crippen LogP contribution >= 0.6 is 0 Å². The van der Waals surface area contributed by atoms with Gasteiger partial charge in [-0.1, -0.05) is 0 Å². The summed E-state index contributed by atoms with van der Waals surface area (Å²) in [5, 5.41) is 5.25. The highest BCUT2D eigenvalue weighted by Crippen LogP contribution is 2.25. The van der Waals surface area contributed by atoms with Gasteiger partial charge in [0.05, 0.1) is 0 Å². The molecule has 1 unspecified atom stereocenters. The fourth-order valence-corrected chi connectivity index (χ4v) is 3.11. The van der Waals surface area contributed by atoms with Crippen molar-refractivity contribution in [2.45, 2.75) is 23.8 Å². The largest absolute Gasteiger partial charge is 0.354 e. The summed E-state index contributed by atoms with van der Waals surface area (Å²) in [6, 6.07) is 3.51. The average molecular weight is 284 g/mol. The van der Waals surface area contributed by atoms with Gasteiger partial charge >= 0.3 is 0 Å². The van der Waals surface area contributed by atoms with Gasteiger partial charge < -0.3 is 9.80 Å². The lowest BCUT2D eigenvalue weighted by Gasteiger charge is -2.37. The van der Waals surface area contributed by atoms with Gasteiger partial charge in [-0.25, -0.2) is 18.5 Å². The molecule has 0 aliphatic carbocycles. The molecule has 2 rings (SSSR count). The molecule has 1 aromatic rings. The summed E-state index contributed by atoms with van der Waals surface area (Å²) in [6.45, 7) is 1.58. The van der Waals surface area contributed by atoms with Crippen LogP contribution in [-0.2, 0) is 10.0 Å². The van der Waals surface area contributed by atoms with Crippen LogP contribution in [0.5, 0.6) is 0 Å². The molecule has 1 aromatic heterocycles. The van der Waals surface area contributed by atoms with Crippen LogP contribution in [0.1, 0.15) is 12.8 Å². The number of primary sulfonamides is 1. The average Bonchev–Trinajstić information content (AvgIpc) is 2.38. The minimum Gasteiger partial charge on any atom is -0.354 e. The van der Waals surface area contributed by atoms with Crippen LogP contribution in [-0.4, -0.2) is 51.5 Å². The summed E-state index contributed by atoms with van der Waals surface area (Å²) in [4.78, 5) is 8.48. The molecular formula is C12H20N4O2S. The quantitative estimate of drug-likeness (QED) is 0.861. The lowest BCUT2D eigenvalue weighted by atomic mass is 10.1. The third kappa shape index (κ3) is 3.23. The van der Waals surface area contributed by atoms with Crippen molar-refractivity contribution in [3.05, 3.63) is 18.3 Å². The van der Waals surface area contributed by atoms with E-state index >= 15 is 0 Å². The molecular weight excluding hydrogens is 264 g/mol. The van der Waals surface area contributed by atoms with E-state index in [0.717, 1.165) is 25.9 Å². The Bertz CT molecular complexity index is 544. The van der Waals surface area contributed by atoms with E-state index < -0.39 is 10.0 Å². The Hall–Kier alpha value is -1.18. The first-order valence-corrected chi connectivity index (χ1v) is 7.83. The van der Waals surface area contributed by atoms with Gasteiger partial charge in [0, 0.05) is 25.3 Å². The van der Waals surface area contributed by atoms with E-state index in [1.54, 1.807) is 12.3 Å². The van der Waals surface area contributed by atoms with Crippen molar-refractivity contribution in [2.75, 3.05) is 32.1 Å². The van der Waals surface area contributed by atoms with E-state index in [2.05, 4.69) is 9.88 Å². The molecule has 0 aromatic carbocycles. The maximum Gasteiger partial charge on any atom is 0.241 e. The molecule has 1 aliphatic rings. The highest BCUT2D eigenvalue weighted by molar-refractivity contribution is 7.89. The number of aromatic nitrogens is 1. The van der Waals surface area contributed by atoms with Crippen LogP contribution in [0.25, 0.3) is 0 Å². The summed E-state index contributed by atoms with van der Waals surface area (Å²) in [7, 11) is 0.331. The molecule has 0 radical (unpaired) electrons. The van der Waals surface area contributed by atoms with E-state index in [0.29, 0.717) is 11.9 Å². The van der Waals surface area contributed by atoms with Crippen LogP contribution in [0, 0.1) is 0 Å². The van der Waals surface area contributed by atoms with Gasteiger partial charge in [-0.2, -0.15) is 0 Å². The molecule has 7 heteroatoms. The number of sulfonamides is 1. The summed E-state index contributed by atoms with van der Waals surface area (Å²) >= 11 is 0. The first-order valence-electron chi connectivity index (χ1n) is 6.29. The zero-order chi connectivity index (χ0) is 14.0. The van der Waals surface area contributed by atoms with Gasteiger partial charge in [0.1, 0.15) is 10.7 Å². The topological polar surface area (TPSA) is 79.5 Å². The molecule has 0 amide bonds. The number of hydrogen-bond acceptors (Lipinski definition) is 5. The number of likely N-dealkylation sites (N-methyl/N-ethyl adjacent to an activating group) is 1. The SMILES string of the molecule is CN(C)C1CCCN(c2ncccc2S(N)(=O)=O)C1. The number of nitrogens with zero attached hydrogens (tertiary/aromatic N) is 3. The number of pyridine rings is 1. The summed E-state index contributed by atoms with van der Waals surface area (Å²) in [5.41, 5.74) is 0. The molecule has 2 heterocycles. The lowest BCUT2D eigenvalue weighted by Crippen LogP contribution is -2.46. The third-order valence-electron chi connectivity index (χ3n) is 3.48. The molecule has 1 fully saturated rings. The standard InChI is InChI=1S/C12H20N4O2S/c1-15(2)10-5-4-8-16(9-10)12-11(19(13,17)18)6-3-7-14-12/h3,6-7,10H,4-5,8-9H2,1-2H3,(H2,13,17,18). The van der Waals surface area contributed by atoms with E-state index in [1.807, 2.05) is 19.0 Å². The number of hydrogen-bond donors (Lipinski definition) is 1. The van der Waals surface area contributed by atoms with Gasteiger partial charge in [0.15, 0.2) is 0 Å². The molecule has 2 N–H and O–H groups in total. The molecule has 1 atom stereocenters. The van der Waals surface area contributed by atoms with Gasteiger partial charge in [0.2, 0.25) is 10.0 Å². The van der Waals surface area contributed by atoms with Crippen molar-refractivity contribution in [1.82, 2.24) is 9.88 Å². The van der Waals surface area contributed by atoms with Crippen LogP contribution in [0.3, 0.4) is 0 Å². The first-order chi connectivity index (χ1) is 8.89. The number of piperidine rings is 1. The molecule has 6 nitrogen and oxygen atoms in total. The Morgan fingerprint density at radius 2 is 2.21 bits per heavy atom. The smallest absolute Gasteiger partial charge is 0.241 e. The monoisotopic (exact) mass is 284 g/mol. The van der Waals surface area contributed by atoms with Crippen LogP contribution < -0.4 is 10.0 Å². The molecule has 0 bridgehead atoms. The maximum absolute atomic E-state index is 11.6. The van der Waals surface area contributed by atoms with Crippen molar-refractivity contribution >= 4 is 15.8 Å². The van der Waals surface area contributed by atoms with Crippen molar-refractivity contribution < 1.29 is 8.42 Å². The summed E-state index contributed by atoms with van der Waals surface area (Å²) in [6.07, 6.45) is 3.73. The zero-order valence-corrected chi connectivity index (χ0v) is 12.1. The first kappa shape index (κ1) is 14.2. The number of nitrogens with two attached hydrogens (primary N) is 1. The van der Waals surface area contributed by atoms with Crippen LogP contribution in [0.15, 0.2) is 23.2 Å². The Kier molecular flexibility index (Phi) is 4.07. The summed E-state index contributed by atoms with van der Waals surface area (Å²) < 4.78 is 23.2. The van der Waals surface area contributed by atoms with E-state index in [4.69, 9.17) is 5.14 Å². The predicted molar refractivity (Wildman–Crippen MR) is 74.5 cm³/mol. The lowest BCUT2D eigenvalue weighted by molar-refractivity contribution is 0.257. The molecule has 0 spiro atoms. The minimum absolute atomic E-state index is 0.106. The van der Waals surface area contributed by atoms with E-state index in [-0.39, 0.29) is 4.90 Å². The second-order valence-corrected chi connectivity index (χ2v) is 6.61. The fraction of sp³-hybridized carbons (Fsp3) is 0.583. The van der Waals surface area contributed by atoms with Crippen molar-refractivity contribution in [3.8, 4) is 0 Å². The highest BCUT2D eigenvalue weighted by atomic mass is 32.2. The molecule has 1 saturated heterocycles. The van der Waals surface area contributed by atoms with Gasteiger partial charge in [-0.05, 0) is 39.1 Å². The zero-order valence-electron chi connectivity index (χ0n) is 11.3. The van der Waals surface area contributed by atoms with Crippen molar-refractivity contribution in [2.24, 2.45) is 5.14 Å². The summed E-state index contributed by atoms with van der Waals surface area (Å²) in [5.74, 6) is 0.469. The molecule has 106 valence electrons. The fourth-order valence-electron chi connectivity index (χ4n) is 2.41. The van der Waals surface area contributed by atoms with Crippen LogP contribution in [0.4, 0.5) is 5.82 Å².